The highest BCUT2D eigenvalue weighted by Gasteiger charge is 2.23. The summed E-state index contributed by atoms with van der Waals surface area (Å²) in [5.41, 5.74) is -0.524. The molecule has 1 atom stereocenters. The van der Waals surface area contributed by atoms with Gasteiger partial charge in [-0.05, 0) is 30.5 Å². The molecule has 3 aromatic rings. The molecule has 0 bridgehead atoms. The van der Waals surface area contributed by atoms with Gasteiger partial charge in [-0.25, -0.2) is 18.6 Å². The maximum atomic E-state index is 13.6. The Labute approximate surface area is 155 Å². The van der Waals surface area contributed by atoms with Gasteiger partial charge in [0.05, 0.1) is 4.88 Å². The van der Waals surface area contributed by atoms with Crippen LogP contribution in [0.5, 0.6) is 0 Å². The average molecular weight is 394 g/mol. The minimum Gasteiger partial charge on any atom is -0.448 e. The smallest absolute Gasteiger partial charge is 0.358 e. The number of para-hydroxylation sites is 1. The van der Waals surface area contributed by atoms with Gasteiger partial charge in [-0.3, -0.25) is 4.79 Å². The molecule has 0 unspecified atom stereocenters. The summed E-state index contributed by atoms with van der Waals surface area (Å²) >= 11 is 2.76. The molecule has 3 rings (SSSR count). The van der Waals surface area contributed by atoms with E-state index in [9.17, 15) is 18.4 Å². The number of benzene rings is 1. The van der Waals surface area contributed by atoms with Gasteiger partial charge >= 0.3 is 5.97 Å². The number of nitrogens with zero attached hydrogens (tertiary/aromatic N) is 1. The van der Waals surface area contributed by atoms with Gasteiger partial charge in [0.2, 0.25) is 0 Å². The zero-order chi connectivity index (χ0) is 18.7. The van der Waals surface area contributed by atoms with E-state index in [4.69, 9.17) is 4.74 Å². The monoisotopic (exact) mass is 394 g/mol. The molecule has 0 aliphatic carbocycles. The predicted molar refractivity (Wildman–Crippen MR) is 95.3 cm³/mol. The second-order valence-corrected chi connectivity index (χ2v) is 6.95. The summed E-state index contributed by atoms with van der Waals surface area (Å²) in [6.07, 6.45) is -1.26. The quantitative estimate of drug-likeness (QED) is 0.654. The minimum absolute atomic E-state index is 0.0649. The molecule has 0 saturated carbocycles. The molecule has 2 aromatic heterocycles. The van der Waals surface area contributed by atoms with Crippen molar-refractivity contribution >= 4 is 40.2 Å². The first-order valence-corrected chi connectivity index (χ1v) is 9.17. The van der Waals surface area contributed by atoms with E-state index in [0.29, 0.717) is 5.01 Å². The number of rotatable bonds is 5. The lowest BCUT2D eigenvalue weighted by Crippen LogP contribution is -2.30. The molecule has 0 aliphatic heterocycles. The summed E-state index contributed by atoms with van der Waals surface area (Å²) in [6, 6.07) is 6.94. The highest BCUT2D eigenvalue weighted by Crippen LogP contribution is 2.28. The molecule has 134 valence electrons. The van der Waals surface area contributed by atoms with Crippen molar-refractivity contribution in [3.8, 4) is 9.88 Å². The van der Waals surface area contributed by atoms with Gasteiger partial charge in [0.1, 0.15) is 22.3 Å². The van der Waals surface area contributed by atoms with Gasteiger partial charge in [0.25, 0.3) is 5.91 Å². The Hall–Kier alpha value is -2.65. The van der Waals surface area contributed by atoms with E-state index >= 15 is 0 Å². The van der Waals surface area contributed by atoms with Crippen molar-refractivity contribution in [3.63, 3.8) is 0 Å². The van der Waals surface area contributed by atoms with E-state index in [2.05, 4.69) is 10.3 Å². The molecule has 0 saturated heterocycles. The van der Waals surface area contributed by atoms with Gasteiger partial charge < -0.3 is 10.1 Å². The minimum atomic E-state index is -1.26. The van der Waals surface area contributed by atoms with E-state index in [1.807, 2.05) is 17.5 Å². The Morgan fingerprint density at radius 1 is 1.15 bits per heavy atom. The molecule has 5 nitrogen and oxygen atoms in total. The lowest BCUT2D eigenvalue weighted by Gasteiger charge is -2.13. The number of aromatic nitrogens is 1. The van der Waals surface area contributed by atoms with Gasteiger partial charge in [-0.1, -0.05) is 12.1 Å². The van der Waals surface area contributed by atoms with Crippen LogP contribution in [0.3, 0.4) is 0 Å². The number of hydrogen-bond acceptors (Lipinski definition) is 6. The number of hydrogen-bond donors (Lipinski definition) is 1. The number of amides is 1. The number of nitrogens with one attached hydrogen (secondary N) is 1. The second-order valence-electron chi connectivity index (χ2n) is 5.15. The molecule has 0 fully saturated rings. The van der Waals surface area contributed by atoms with Crippen molar-refractivity contribution < 1.29 is 23.1 Å². The number of carbonyl (C=O) groups is 2. The van der Waals surface area contributed by atoms with E-state index in [0.717, 1.165) is 17.0 Å². The highest BCUT2D eigenvalue weighted by molar-refractivity contribution is 7.20. The van der Waals surface area contributed by atoms with Crippen LogP contribution in [0.4, 0.5) is 14.5 Å². The predicted octanol–water partition coefficient (Wildman–Crippen LogP) is 4.33. The Morgan fingerprint density at radius 2 is 1.88 bits per heavy atom. The first kappa shape index (κ1) is 18.2. The topological polar surface area (TPSA) is 68.3 Å². The van der Waals surface area contributed by atoms with Gasteiger partial charge in [0, 0.05) is 5.38 Å². The fourth-order valence-electron chi connectivity index (χ4n) is 2.00. The van der Waals surface area contributed by atoms with Crippen molar-refractivity contribution in [2.24, 2.45) is 0 Å². The van der Waals surface area contributed by atoms with E-state index < -0.39 is 35.3 Å². The Morgan fingerprint density at radius 3 is 2.54 bits per heavy atom. The van der Waals surface area contributed by atoms with Crippen LogP contribution in [0.25, 0.3) is 9.88 Å². The van der Waals surface area contributed by atoms with Crippen molar-refractivity contribution in [1.82, 2.24) is 4.98 Å². The lowest BCUT2D eigenvalue weighted by molar-refractivity contribution is -0.123. The molecule has 26 heavy (non-hydrogen) atoms. The summed E-state index contributed by atoms with van der Waals surface area (Å²) in [6.45, 7) is 1.30. The number of thiophene rings is 1. The fourth-order valence-corrected chi connectivity index (χ4v) is 3.60. The zero-order valence-corrected chi connectivity index (χ0v) is 15.0. The van der Waals surface area contributed by atoms with E-state index in [-0.39, 0.29) is 5.69 Å². The van der Waals surface area contributed by atoms with Crippen LogP contribution in [0, 0.1) is 11.6 Å². The molecule has 0 spiro atoms. The van der Waals surface area contributed by atoms with Crippen LogP contribution < -0.4 is 5.32 Å². The molecule has 1 N–H and O–H groups in total. The third kappa shape index (κ3) is 3.94. The van der Waals surface area contributed by atoms with Crippen LogP contribution in [-0.2, 0) is 9.53 Å². The number of anilines is 1. The van der Waals surface area contributed by atoms with Crippen molar-refractivity contribution in [3.05, 3.63) is 58.4 Å². The number of carbonyl (C=O) groups excluding carboxylic acids is 2. The Balaban J connectivity index is 1.65. The van der Waals surface area contributed by atoms with Crippen LogP contribution in [0.1, 0.15) is 17.4 Å². The van der Waals surface area contributed by atoms with Crippen molar-refractivity contribution in [2.45, 2.75) is 13.0 Å². The molecule has 0 radical (unpaired) electrons. The lowest BCUT2D eigenvalue weighted by atomic mass is 10.2. The molecule has 1 amide bonds. The SMILES string of the molecule is C[C@@H](OC(=O)c1csc(-c2cccs2)n1)C(=O)Nc1c(F)cccc1F. The molecular weight excluding hydrogens is 382 g/mol. The summed E-state index contributed by atoms with van der Waals surface area (Å²) in [4.78, 5) is 29.3. The second kappa shape index (κ2) is 7.71. The van der Waals surface area contributed by atoms with Crippen LogP contribution >= 0.6 is 22.7 Å². The van der Waals surface area contributed by atoms with Crippen molar-refractivity contribution in [2.75, 3.05) is 5.32 Å². The third-order valence-electron chi connectivity index (χ3n) is 3.31. The summed E-state index contributed by atoms with van der Waals surface area (Å²) < 4.78 is 32.2. The van der Waals surface area contributed by atoms with Crippen molar-refractivity contribution in [1.29, 1.82) is 0 Å². The highest BCUT2D eigenvalue weighted by atomic mass is 32.1. The van der Waals surface area contributed by atoms with Gasteiger partial charge in [-0.15, -0.1) is 22.7 Å². The normalized spacial score (nSPS) is 11.8. The average Bonchev–Trinajstić information content (AvgIpc) is 3.28. The van der Waals surface area contributed by atoms with E-state index in [1.54, 1.807) is 0 Å². The van der Waals surface area contributed by atoms with Gasteiger partial charge in [-0.2, -0.15) is 0 Å². The fraction of sp³-hybridized carbons (Fsp3) is 0.118. The molecule has 0 aliphatic rings. The molecular formula is C17H12F2N2O3S2. The Kier molecular flexibility index (Phi) is 5.38. The number of esters is 1. The first-order valence-electron chi connectivity index (χ1n) is 7.41. The number of halogens is 2. The van der Waals surface area contributed by atoms with Gasteiger partial charge in [0.15, 0.2) is 11.8 Å². The molecule has 1 aromatic carbocycles. The van der Waals surface area contributed by atoms with E-state index in [1.165, 1.54) is 41.0 Å². The summed E-state index contributed by atoms with van der Waals surface area (Å²) in [7, 11) is 0. The summed E-state index contributed by atoms with van der Waals surface area (Å²) in [5, 5.41) is 6.16. The molecule has 9 heteroatoms. The van der Waals surface area contributed by atoms with Crippen LogP contribution in [0.2, 0.25) is 0 Å². The molecule has 2 heterocycles. The van der Waals surface area contributed by atoms with Crippen LogP contribution in [-0.4, -0.2) is 23.0 Å². The third-order valence-corrected chi connectivity index (χ3v) is 5.19. The summed E-state index contributed by atoms with van der Waals surface area (Å²) in [5.74, 6) is -3.48. The zero-order valence-electron chi connectivity index (χ0n) is 13.4. The number of thiazole rings is 1. The van der Waals surface area contributed by atoms with Crippen LogP contribution in [0.15, 0.2) is 41.1 Å². The number of ether oxygens (including phenoxy) is 1. The standard InChI is InChI=1S/C17H12F2N2O3S2/c1-9(15(22)21-14-10(18)4-2-5-11(14)19)24-17(23)12-8-26-16(20-12)13-6-3-7-25-13/h2-9H,1H3,(H,21,22)/t9-/m1/s1. The maximum absolute atomic E-state index is 13.6. The Bertz CT molecular complexity index is 921. The largest absolute Gasteiger partial charge is 0.448 e. The first-order chi connectivity index (χ1) is 12.5. The maximum Gasteiger partial charge on any atom is 0.358 e.